The molecule has 2 aromatic rings. The zero-order valence-electron chi connectivity index (χ0n) is 8.44. The summed E-state index contributed by atoms with van der Waals surface area (Å²) in [5, 5.41) is 2.79. The van der Waals surface area contributed by atoms with E-state index in [1.54, 1.807) is 18.4 Å². The van der Waals surface area contributed by atoms with Crippen LogP contribution in [0.1, 0.15) is 5.76 Å². The minimum absolute atomic E-state index is 0.0859. The number of furan rings is 1. The number of halogens is 1. The molecule has 0 spiro atoms. The lowest BCUT2D eigenvalue weighted by molar-refractivity contribution is -0.115. The first-order chi connectivity index (χ1) is 7.74. The first kappa shape index (κ1) is 11.0. The van der Waals surface area contributed by atoms with Crippen LogP contribution in [-0.2, 0) is 11.2 Å². The van der Waals surface area contributed by atoms with Gasteiger partial charge in [0.15, 0.2) is 0 Å². The van der Waals surface area contributed by atoms with Crippen LogP contribution in [-0.4, -0.2) is 5.91 Å². The Labute approximate surface area is 102 Å². The van der Waals surface area contributed by atoms with E-state index in [0.29, 0.717) is 5.76 Å². The highest BCUT2D eigenvalue weighted by Crippen LogP contribution is 2.14. The largest absolute Gasteiger partial charge is 0.469 e. The topological polar surface area (TPSA) is 42.2 Å². The van der Waals surface area contributed by atoms with E-state index in [9.17, 15) is 4.79 Å². The Bertz CT molecular complexity index is 462. The van der Waals surface area contributed by atoms with Crippen LogP contribution in [0.15, 0.2) is 51.6 Å². The summed E-state index contributed by atoms with van der Waals surface area (Å²) in [5.74, 6) is 0.576. The van der Waals surface area contributed by atoms with Crippen LogP contribution in [0.4, 0.5) is 5.69 Å². The molecule has 0 aliphatic heterocycles. The first-order valence-electron chi connectivity index (χ1n) is 4.82. The van der Waals surface area contributed by atoms with Gasteiger partial charge in [-0.05, 0) is 36.4 Å². The highest BCUT2D eigenvalue weighted by Gasteiger charge is 2.05. The lowest BCUT2D eigenvalue weighted by atomic mass is 10.3. The fourth-order valence-corrected chi connectivity index (χ4v) is 1.57. The highest BCUT2D eigenvalue weighted by molar-refractivity contribution is 9.10. The van der Waals surface area contributed by atoms with Crippen molar-refractivity contribution in [3.8, 4) is 0 Å². The molecular weight excluding hydrogens is 270 g/mol. The van der Waals surface area contributed by atoms with Crippen molar-refractivity contribution >= 4 is 27.5 Å². The number of amides is 1. The van der Waals surface area contributed by atoms with Gasteiger partial charge in [0.1, 0.15) is 5.76 Å². The van der Waals surface area contributed by atoms with E-state index in [4.69, 9.17) is 4.42 Å². The minimum atomic E-state index is -0.0859. The van der Waals surface area contributed by atoms with E-state index < -0.39 is 0 Å². The van der Waals surface area contributed by atoms with Gasteiger partial charge in [0.25, 0.3) is 0 Å². The van der Waals surface area contributed by atoms with E-state index in [1.165, 1.54) is 0 Å². The van der Waals surface area contributed by atoms with Crippen LogP contribution < -0.4 is 5.32 Å². The third-order valence-corrected chi connectivity index (χ3v) is 2.57. The number of hydrogen-bond donors (Lipinski definition) is 1. The molecule has 0 atom stereocenters. The molecule has 0 aliphatic carbocycles. The lowest BCUT2D eigenvalue weighted by Gasteiger charge is -2.03. The molecule has 82 valence electrons. The van der Waals surface area contributed by atoms with Gasteiger partial charge in [0.05, 0.1) is 12.7 Å². The number of benzene rings is 1. The number of carbonyl (C=O) groups is 1. The molecule has 0 saturated heterocycles. The van der Waals surface area contributed by atoms with Crippen molar-refractivity contribution in [2.45, 2.75) is 6.42 Å². The summed E-state index contributed by atoms with van der Waals surface area (Å²) in [6, 6.07) is 11.0. The van der Waals surface area contributed by atoms with Crippen molar-refractivity contribution in [1.82, 2.24) is 0 Å². The molecule has 0 radical (unpaired) electrons. The van der Waals surface area contributed by atoms with E-state index in [-0.39, 0.29) is 12.3 Å². The molecule has 0 unspecified atom stereocenters. The number of hydrogen-bond acceptors (Lipinski definition) is 2. The smallest absolute Gasteiger partial charge is 0.231 e. The fraction of sp³-hybridized carbons (Fsp3) is 0.0833. The standard InChI is InChI=1S/C12H10BrNO2/c13-9-3-5-10(6-4-9)14-12(15)8-11-2-1-7-16-11/h1-7H,8H2,(H,14,15). The summed E-state index contributed by atoms with van der Waals surface area (Å²) in [7, 11) is 0. The van der Waals surface area contributed by atoms with Gasteiger partial charge in [-0.1, -0.05) is 15.9 Å². The Morgan fingerprint density at radius 1 is 1.25 bits per heavy atom. The molecule has 1 amide bonds. The van der Waals surface area contributed by atoms with Crippen LogP contribution in [0.3, 0.4) is 0 Å². The maximum atomic E-state index is 11.6. The number of nitrogens with one attached hydrogen (secondary N) is 1. The zero-order valence-corrected chi connectivity index (χ0v) is 10.0. The molecule has 0 saturated carbocycles. The minimum Gasteiger partial charge on any atom is -0.469 e. The van der Waals surface area contributed by atoms with Crippen molar-refractivity contribution in [1.29, 1.82) is 0 Å². The highest BCUT2D eigenvalue weighted by atomic mass is 79.9. The van der Waals surface area contributed by atoms with Crippen LogP contribution in [0.25, 0.3) is 0 Å². The normalized spacial score (nSPS) is 10.1. The summed E-state index contributed by atoms with van der Waals surface area (Å²) in [4.78, 5) is 11.6. The van der Waals surface area contributed by atoms with Crippen molar-refractivity contribution in [2.24, 2.45) is 0 Å². The van der Waals surface area contributed by atoms with Gasteiger partial charge in [-0.3, -0.25) is 4.79 Å². The van der Waals surface area contributed by atoms with Gasteiger partial charge in [0.2, 0.25) is 5.91 Å². The van der Waals surface area contributed by atoms with Gasteiger partial charge in [-0.15, -0.1) is 0 Å². The average molecular weight is 280 g/mol. The zero-order chi connectivity index (χ0) is 11.4. The molecule has 1 N–H and O–H groups in total. The van der Waals surface area contributed by atoms with Crippen molar-refractivity contribution in [3.63, 3.8) is 0 Å². The predicted molar refractivity (Wildman–Crippen MR) is 65.2 cm³/mol. The fourth-order valence-electron chi connectivity index (χ4n) is 1.31. The quantitative estimate of drug-likeness (QED) is 0.937. The van der Waals surface area contributed by atoms with Gasteiger partial charge < -0.3 is 9.73 Å². The second-order valence-corrected chi connectivity index (χ2v) is 4.23. The summed E-state index contributed by atoms with van der Waals surface area (Å²) >= 11 is 3.33. The van der Waals surface area contributed by atoms with E-state index in [2.05, 4.69) is 21.2 Å². The van der Waals surface area contributed by atoms with Crippen molar-refractivity contribution in [2.75, 3.05) is 5.32 Å². The number of anilines is 1. The van der Waals surface area contributed by atoms with Gasteiger partial charge in [-0.25, -0.2) is 0 Å². The van der Waals surface area contributed by atoms with Crippen molar-refractivity contribution in [3.05, 3.63) is 52.9 Å². The molecular formula is C12H10BrNO2. The summed E-state index contributed by atoms with van der Waals surface area (Å²) in [6.45, 7) is 0. The Balaban J connectivity index is 1.95. The van der Waals surface area contributed by atoms with Crippen molar-refractivity contribution < 1.29 is 9.21 Å². The molecule has 1 aromatic heterocycles. The monoisotopic (exact) mass is 279 g/mol. The molecule has 1 aromatic carbocycles. The molecule has 3 nitrogen and oxygen atoms in total. The third-order valence-electron chi connectivity index (χ3n) is 2.04. The summed E-state index contributed by atoms with van der Waals surface area (Å²) < 4.78 is 6.08. The van der Waals surface area contributed by atoms with Gasteiger partial charge >= 0.3 is 0 Å². The molecule has 0 aliphatic rings. The lowest BCUT2D eigenvalue weighted by Crippen LogP contribution is -2.13. The molecule has 2 rings (SSSR count). The van der Waals surface area contributed by atoms with Gasteiger partial charge in [-0.2, -0.15) is 0 Å². The molecule has 16 heavy (non-hydrogen) atoms. The van der Waals surface area contributed by atoms with Gasteiger partial charge in [0, 0.05) is 10.2 Å². The predicted octanol–water partition coefficient (Wildman–Crippen LogP) is 3.22. The van der Waals surface area contributed by atoms with E-state index in [0.717, 1.165) is 10.2 Å². The molecule has 1 heterocycles. The van der Waals surface area contributed by atoms with E-state index >= 15 is 0 Å². The van der Waals surface area contributed by atoms with E-state index in [1.807, 2.05) is 24.3 Å². The number of rotatable bonds is 3. The second kappa shape index (κ2) is 4.99. The second-order valence-electron chi connectivity index (χ2n) is 3.31. The maximum absolute atomic E-state index is 11.6. The molecule has 4 heteroatoms. The average Bonchev–Trinajstić information content (AvgIpc) is 2.74. The summed E-state index contributed by atoms with van der Waals surface area (Å²) in [6.07, 6.45) is 1.81. The number of carbonyl (C=O) groups excluding carboxylic acids is 1. The third kappa shape index (κ3) is 2.97. The maximum Gasteiger partial charge on any atom is 0.231 e. The SMILES string of the molecule is O=C(Cc1ccco1)Nc1ccc(Br)cc1. The molecule has 0 fully saturated rings. The van der Waals surface area contributed by atoms with Crippen LogP contribution in [0, 0.1) is 0 Å². The Morgan fingerprint density at radius 3 is 2.62 bits per heavy atom. The molecule has 0 bridgehead atoms. The Hall–Kier alpha value is -1.55. The Kier molecular flexibility index (Phi) is 3.41. The van der Waals surface area contributed by atoms with Crippen LogP contribution >= 0.6 is 15.9 Å². The first-order valence-corrected chi connectivity index (χ1v) is 5.61. The van der Waals surface area contributed by atoms with Crippen LogP contribution in [0.2, 0.25) is 0 Å². The summed E-state index contributed by atoms with van der Waals surface area (Å²) in [5.41, 5.74) is 0.778. The van der Waals surface area contributed by atoms with Crippen LogP contribution in [0.5, 0.6) is 0 Å². The Morgan fingerprint density at radius 2 is 2.00 bits per heavy atom.